The summed E-state index contributed by atoms with van der Waals surface area (Å²) in [4.78, 5) is 14.3. The van der Waals surface area contributed by atoms with Gasteiger partial charge in [0.05, 0.1) is 0 Å². The molecule has 3 nitrogen and oxygen atoms in total. The predicted molar refractivity (Wildman–Crippen MR) is 88.6 cm³/mol. The minimum absolute atomic E-state index is 0.0504. The monoisotopic (exact) mass is 344 g/mol. The van der Waals surface area contributed by atoms with Crippen LogP contribution in [0.4, 0.5) is 5.69 Å². The van der Waals surface area contributed by atoms with Gasteiger partial charge in [-0.15, -0.1) is 0 Å². The molecule has 2 aromatic carbocycles. The van der Waals surface area contributed by atoms with Crippen molar-refractivity contribution >= 4 is 27.5 Å². The third-order valence-corrected chi connectivity index (χ3v) is 4.27. The molecule has 0 atom stereocenters. The van der Waals surface area contributed by atoms with Crippen LogP contribution in [0.3, 0.4) is 0 Å². The molecular formula is C17H17BrN2O. The van der Waals surface area contributed by atoms with Crippen molar-refractivity contribution in [3.05, 3.63) is 63.6 Å². The highest BCUT2D eigenvalue weighted by molar-refractivity contribution is 9.10. The van der Waals surface area contributed by atoms with E-state index in [-0.39, 0.29) is 5.91 Å². The number of amides is 1. The van der Waals surface area contributed by atoms with Crippen molar-refractivity contribution in [2.75, 3.05) is 18.9 Å². The molecule has 1 heterocycles. The molecule has 0 radical (unpaired) electrons. The van der Waals surface area contributed by atoms with E-state index in [1.807, 2.05) is 43.4 Å². The summed E-state index contributed by atoms with van der Waals surface area (Å²) < 4.78 is 1.05. The maximum Gasteiger partial charge on any atom is 0.253 e. The summed E-state index contributed by atoms with van der Waals surface area (Å²) in [6.45, 7) is 1.57. The second-order valence-electron chi connectivity index (χ2n) is 5.34. The average Bonchev–Trinajstić information content (AvgIpc) is 2.96. The molecule has 4 heteroatoms. The summed E-state index contributed by atoms with van der Waals surface area (Å²) in [5, 5.41) is 3.31. The summed E-state index contributed by atoms with van der Waals surface area (Å²) in [5.41, 5.74) is 4.25. The standard InChI is InChI=1S/C17H17BrN2O/c1-20(11-12-2-6-15(18)7-3-12)17(21)14-5-4-13-8-9-19-16(13)10-14/h2-7,10,19H,8-9,11H2,1H3. The van der Waals surface area contributed by atoms with E-state index in [4.69, 9.17) is 0 Å². The number of halogens is 1. The van der Waals surface area contributed by atoms with Crippen LogP contribution in [0.5, 0.6) is 0 Å². The number of nitrogens with one attached hydrogen (secondary N) is 1. The zero-order valence-corrected chi connectivity index (χ0v) is 13.5. The lowest BCUT2D eigenvalue weighted by molar-refractivity contribution is 0.0785. The molecule has 3 rings (SSSR count). The van der Waals surface area contributed by atoms with Crippen molar-refractivity contribution in [3.63, 3.8) is 0 Å². The van der Waals surface area contributed by atoms with Gasteiger partial charge < -0.3 is 10.2 Å². The lowest BCUT2D eigenvalue weighted by Crippen LogP contribution is -2.26. The SMILES string of the molecule is CN(Cc1ccc(Br)cc1)C(=O)c1ccc2c(c1)NCC2. The summed E-state index contributed by atoms with van der Waals surface area (Å²) in [5.74, 6) is 0.0504. The van der Waals surface area contributed by atoms with Gasteiger partial charge in [-0.25, -0.2) is 0 Å². The van der Waals surface area contributed by atoms with Gasteiger partial charge in [0.25, 0.3) is 5.91 Å². The fourth-order valence-electron chi connectivity index (χ4n) is 2.58. The Bertz CT molecular complexity index is 667. The van der Waals surface area contributed by atoms with Crippen molar-refractivity contribution in [2.45, 2.75) is 13.0 Å². The predicted octanol–water partition coefficient (Wildman–Crippen LogP) is 3.69. The molecule has 1 N–H and O–H groups in total. The van der Waals surface area contributed by atoms with Gasteiger partial charge in [-0.3, -0.25) is 4.79 Å². The summed E-state index contributed by atoms with van der Waals surface area (Å²) in [7, 11) is 1.84. The number of fused-ring (bicyclic) bond motifs is 1. The number of carbonyl (C=O) groups excluding carboxylic acids is 1. The lowest BCUT2D eigenvalue weighted by atomic mass is 10.1. The fraction of sp³-hybridized carbons (Fsp3) is 0.235. The summed E-state index contributed by atoms with van der Waals surface area (Å²) in [6, 6.07) is 14.0. The minimum atomic E-state index is 0.0504. The first-order valence-corrected chi connectivity index (χ1v) is 7.79. The van der Waals surface area contributed by atoms with Crippen LogP contribution in [-0.2, 0) is 13.0 Å². The first-order chi connectivity index (χ1) is 10.1. The number of nitrogens with zero attached hydrogens (tertiary/aromatic N) is 1. The molecule has 2 aromatic rings. The molecule has 1 aliphatic heterocycles. The highest BCUT2D eigenvalue weighted by Crippen LogP contribution is 2.24. The zero-order chi connectivity index (χ0) is 14.8. The van der Waals surface area contributed by atoms with Crippen molar-refractivity contribution < 1.29 is 4.79 Å². The summed E-state index contributed by atoms with van der Waals surface area (Å²) >= 11 is 3.42. The van der Waals surface area contributed by atoms with E-state index < -0.39 is 0 Å². The maximum absolute atomic E-state index is 12.5. The van der Waals surface area contributed by atoms with E-state index in [0.717, 1.165) is 34.3 Å². The van der Waals surface area contributed by atoms with Gasteiger partial charge in [0, 0.05) is 35.9 Å². The second kappa shape index (κ2) is 5.90. The van der Waals surface area contributed by atoms with Gasteiger partial charge in [0.15, 0.2) is 0 Å². The molecule has 0 fully saturated rings. The van der Waals surface area contributed by atoms with Crippen LogP contribution in [0.25, 0.3) is 0 Å². The van der Waals surface area contributed by atoms with Crippen LogP contribution in [0.15, 0.2) is 46.9 Å². The Morgan fingerprint density at radius 2 is 2.00 bits per heavy atom. The smallest absolute Gasteiger partial charge is 0.253 e. The Labute approximate surface area is 133 Å². The van der Waals surface area contributed by atoms with Crippen LogP contribution in [0.1, 0.15) is 21.5 Å². The van der Waals surface area contributed by atoms with E-state index >= 15 is 0 Å². The third-order valence-electron chi connectivity index (χ3n) is 3.75. The topological polar surface area (TPSA) is 32.3 Å². The molecule has 0 aromatic heterocycles. The largest absolute Gasteiger partial charge is 0.384 e. The van der Waals surface area contributed by atoms with E-state index in [0.29, 0.717) is 6.54 Å². The zero-order valence-electron chi connectivity index (χ0n) is 11.9. The summed E-state index contributed by atoms with van der Waals surface area (Å²) in [6.07, 6.45) is 1.04. The molecule has 0 unspecified atom stereocenters. The van der Waals surface area contributed by atoms with Gasteiger partial charge in [0.2, 0.25) is 0 Å². The Balaban J connectivity index is 1.73. The van der Waals surface area contributed by atoms with Gasteiger partial charge in [0.1, 0.15) is 0 Å². The van der Waals surface area contributed by atoms with E-state index in [2.05, 4.69) is 27.3 Å². The van der Waals surface area contributed by atoms with E-state index in [1.165, 1.54) is 5.56 Å². The molecule has 0 bridgehead atoms. The Morgan fingerprint density at radius 3 is 2.76 bits per heavy atom. The number of hydrogen-bond acceptors (Lipinski definition) is 2. The Morgan fingerprint density at radius 1 is 1.24 bits per heavy atom. The van der Waals surface area contributed by atoms with Crippen LogP contribution in [0.2, 0.25) is 0 Å². The van der Waals surface area contributed by atoms with Gasteiger partial charge in [-0.05, 0) is 41.8 Å². The molecule has 21 heavy (non-hydrogen) atoms. The molecule has 108 valence electrons. The first kappa shape index (κ1) is 14.1. The average molecular weight is 345 g/mol. The van der Waals surface area contributed by atoms with Crippen LogP contribution in [0, 0.1) is 0 Å². The number of benzene rings is 2. The number of hydrogen-bond donors (Lipinski definition) is 1. The molecule has 1 amide bonds. The van der Waals surface area contributed by atoms with E-state index in [1.54, 1.807) is 4.90 Å². The van der Waals surface area contributed by atoms with Gasteiger partial charge in [-0.1, -0.05) is 34.1 Å². The van der Waals surface area contributed by atoms with Crippen molar-refractivity contribution in [1.29, 1.82) is 0 Å². The Kier molecular flexibility index (Phi) is 3.97. The first-order valence-electron chi connectivity index (χ1n) is 7.00. The van der Waals surface area contributed by atoms with Crippen LogP contribution < -0.4 is 5.32 Å². The molecule has 0 aliphatic carbocycles. The van der Waals surface area contributed by atoms with Crippen molar-refractivity contribution in [1.82, 2.24) is 4.90 Å². The minimum Gasteiger partial charge on any atom is -0.384 e. The van der Waals surface area contributed by atoms with Crippen LogP contribution in [-0.4, -0.2) is 24.4 Å². The number of anilines is 1. The highest BCUT2D eigenvalue weighted by Gasteiger charge is 2.16. The van der Waals surface area contributed by atoms with Crippen LogP contribution >= 0.6 is 15.9 Å². The lowest BCUT2D eigenvalue weighted by Gasteiger charge is -2.18. The van der Waals surface area contributed by atoms with Crippen molar-refractivity contribution in [3.8, 4) is 0 Å². The maximum atomic E-state index is 12.5. The molecule has 0 saturated carbocycles. The van der Waals surface area contributed by atoms with Gasteiger partial charge >= 0.3 is 0 Å². The Hall–Kier alpha value is -1.81. The molecule has 1 aliphatic rings. The molecule has 0 saturated heterocycles. The third kappa shape index (κ3) is 3.10. The molecule has 0 spiro atoms. The quantitative estimate of drug-likeness (QED) is 0.920. The van der Waals surface area contributed by atoms with Gasteiger partial charge in [-0.2, -0.15) is 0 Å². The normalized spacial score (nSPS) is 12.7. The number of carbonyl (C=O) groups is 1. The molecular weight excluding hydrogens is 328 g/mol. The van der Waals surface area contributed by atoms with E-state index in [9.17, 15) is 4.79 Å². The fourth-order valence-corrected chi connectivity index (χ4v) is 2.84. The number of rotatable bonds is 3. The van der Waals surface area contributed by atoms with Crippen molar-refractivity contribution in [2.24, 2.45) is 0 Å². The second-order valence-corrected chi connectivity index (χ2v) is 6.25. The highest BCUT2D eigenvalue weighted by atomic mass is 79.9.